The highest BCUT2D eigenvalue weighted by atomic mass is 35.5. The van der Waals surface area contributed by atoms with E-state index in [9.17, 15) is 0 Å². The first-order chi connectivity index (χ1) is 5.88. The largest absolute Gasteiger partial charge is 0.242 e. The molecule has 0 atom stereocenters. The van der Waals surface area contributed by atoms with Crippen LogP contribution in [0.15, 0.2) is 31.0 Å². The lowest BCUT2D eigenvalue weighted by molar-refractivity contribution is 0.864. The molecule has 0 N–H and O–H groups in total. The van der Waals surface area contributed by atoms with Gasteiger partial charge in [0.1, 0.15) is 12.0 Å². The van der Waals surface area contributed by atoms with Crippen LogP contribution in [0, 0.1) is 0 Å². The highest BCUT2D eigenvalue weighted by molar-refractivity contribution is 6.31. The van der Waals surface area contributed by atoms with Gasteiger partial charge in [-0.1, -0.05) is 11.6 Å². The molecule has 0 amide bonds. The zero-order valence-corrected chi connectivity index (χ0v) is 6.81. The molecular weight excluding hydrogens is 176 g/mol. The number of halogens is 1. The molecular formula is C7H5ClN4. The minimum absolute atomic E-state index is 0.397. The molecule has 0 saturated carbocycles. The fourth-order valence-electron chi connectivity index (χ4n) is 0.872. The molecule has 0 fully saturated rings. The second-order valence-electron chi connectivity index (χ2n) is 2.15. The first-order valence-electron chi connectivity index (χ1n) is 3.33. The number of nitrogens with zero attached hydrogens (tertiary/aromatic N) is 4. The molecule has 0 aliphatic carbocycles. The van der Waals surface area contributed by atoms with E-state index in [0.717, 1.165) is 0 Å². The van der Waals surface area contributed by atoms with Crippen LogP contribution < -0.4 is 0 Å². The summed E-state index contributed by atoms with van der Waals surface area (Å²) >= 11 is 5.80. The molecule has 5 heteroatoms. The van der Waals surface area contributed by atoms with Crippen molar-refractivity contribution in [3.63, 3.8) is 0 Å². The van der Waals surface area contributed by atoms with Crippen LogP contribution in [0.5, 0.6) is 0 Å². The molecule has 12 heavy (non-hydrogen) atoms. The number of hydrogen-bond donors (Lipinski definition) is 0. The molecule has 0 spiro atoms. The monoisotopic (exact) mass is 180 g/mol. The Kier molecular flexibility index (Phi) is 1.75. The van der Waals surface area contributed by atoms with Crippen LogP contribution in [0.1, 0.15) is 0 Å². The van der Waals surface area contributed by atoms with Gasteiger partial charge in [0.25, 0.3) is 0 Å². The zero-order valence-electron chi connectivity index (χ0n) is 6.05. The topological polar surface area (TPSA) is 43.6 Å². The maximum atomic E-state index is 5.80. The fourth-order valence-corrected chi connectivity index (χ4v) is 1.05. The van der Waals surface area contributed by atoms with Crippen molar-refractivity contribution < 1.29 is 0 Å². The van der Waals surface area contributed by atoms with Crippen LogP contribution >= 0.6 is 11.6 Å². The average Bonchev–Trinajstić information content (AvgIpc) is 2.57. The van der Waals surface area contributed by atoms with Crippen molar-refractivity contribution in [1.82, 2.24) is 19.7 Å². The Morgan fingerprint density at radius 2 is 2.33 bits per heavy atom. The minimum atomic E-state index is 0.397. The third-order valence-corrected chi connectivity index (χ3v) is 1.69. The molecule has 0 radical (unpaired) electrons. The van der Waals surface area contributed by atoms with E-state index in [1.165, 1.54) is 6.33 Å². The predicted octanol–water partition coefficient (Wildman–Crippen LogP) is 1.32. The Morgan fingerprint density at radius 3 is 3.00 bits per heavy atom. The van der Waals surface area contributed by atoms with Gasteiger partial charge < -0.3 is 0 Å². The van der Waals surface area contributed by atoms with E-state index in [4.69, 9.17) is 11.6 Å². The molecule has 2 rings (SSSR count). The summed E-state index contributed by atoms with van der Waals surface area (Å²) in [6.07, 6.45) is 6.46. The van der Waals surface area contributed by atoms with Gasteiger partial charge in [0, 0.05) is 12.4 Å². The molecule has 2 heterocycles. The molecule has 60 valence electrons. The molecule has 2 aromatic rings. The summed E-state index contributed by atoms with van der Waals surface area (Å²) in [5.74, 6) is 0. The molecule has 0 aliphatic rings. The zero-order chi connectivity index (χ0) is 8.39. The molecule has 0 aromatic carbocycles. The smallest absolute Gasteiger partial charge is 0.158 e. The van der Waals surface area contributed by atoms with E-state index in [-0.39, 0.29) is 0 Å². The van der Waals surface area contributed by atoms with Gasteiger partial charge >= 0.3 is 0 Å². The SMILES string of the molecule is Clc1ncncc1-n1cccn1. The standard InChI is InChI=1S/C7H5ClN4/c8-7-6(4-9-5-10-7)12-3-1-2-11-12/h1-5H. The maximum Gasteiger partial charge on any atom is 0.158 e. The van der Waals surface area contributed by atoms with Crippen LogP contribution in [-0.4, -0.2) is 19.7 Å². The number of aromatic nitrogens is 4. The van der Waals surface area contributed by atoms with Crippen molar-refractivity contribution in [2.75, 3.05) is 0 Å². The number of hydrogen-bond acceptors (Lipinski definition) is 3. The van der Waals surface area contributed by atoms with E-state index < -0.39 is 0 Å². The lowest BCUT2D eigenvalue weighted by Gasteiger charge is -2.00. The van der Waals surface area contributed by atoms with Crippen molar-refractivity contribution in [2.24, 2.45) is 0 Å². The highest BCUT2D eigenvalue weighted by Gasteiger charge is 2.01. The van der Waals surface area contributed by atoms with Gasteiger partial charge in [0.05, 0.1) is 6.20 Å². The lowest BCUT2D eigenvalue weighted by atomic mass is 10.5. The lowest BCUT2D eigenvalue weighted by Crippen LogP contribution is -1.97. The Labute approximate surface area is 73.8 Å². The summed E-state index contributed by atoms with van der Waals surface area (Å²) in [7, 11) is 0. The van der Waals surface area contributed by atoms with E-state index in [0.29, 0.717) is 10.8 Å². The van der Waals surface area contributed by atoms with E-state index in [1.54, 1.807) is 23.3 Å². The summed E-state index contributed by atoms with van der Waals surface area (Å²) in [6.45, 7) is 0. The Bertz CT molecular complexity index is 371. The predicted molar refractivity (Wildman–Crippen MR) is 44.2 cm³/mol. The summed E-state index contributed by atoms with van der Waals surface area (Å²) in [4.78, 5) is 7.67. The first-order valence-corrected chi connectivity index (χ1v) is 3.71. The third-order valence-electron chi connectivity index (χ3n) is 1.40. The van der Waals surface area contributed by atoms with Crippen LogP contribution in [0.4, 0.5) is 0 Å². The first kappa shape index (κ1) is 7.24. The van der Waals surface area contributed by atoms with Gasteiger partial charge in [0.2, 0.25) is 0 Å². The third kappa shape index (κ3) is 1.16. The summed E-state index contributed by atoms with van der Waals surface area (Å²) in [5, 5.41) is 4.40. The van der Waals surface area contributed by atoms with E-state index in [1.807, 2.05) is 6.07 Å². The van der Waals surface area contributed by atoms with E-state index >= 15 is 0 Å². The Hall–Kier alpha value is -1.42. The Balaban J connectivity index is 2.55. The van der Waals surface area contributed by atoms with E-state index in [2.05, 4.69) is 15.1 Å². The maximum absolute atomic E-state index is 5.80. The van der Waals surface area contributed by atoms with Crippen molar-refractivity contribution >= 4 is 11.6 Å². The highest BCUT2D eigenvalue weighted by Crippen LogP contribution is 2.13. The molecule has 0 aliphatic heterocycles. The molecule has 0 bridgehead atoms. The van der Waals surface area contributed by atoms with Gasteiger partial charge in [-0.3, -0.25) is 0 Å². The fraction of sp³-hybridized carbons (Fsp3) is 0. The second kappa shape index (κ2) is 2.91. The molecule has 0 unspecified atom stereocenters. The van der Waals surface area contributed by atoms with Crippen molar-refractivity contribution in [1.29, 1.82) is 0 Å². The number of rotatable bonds is 1. The molecule has 2 aromatic heterocycles. The van der Waals surface area contributed by atoms with Crippen molar-refractivity contribution in [3.8, 4) is 5.69 Å². The van der Waals surface area contributed by atoms with Crippen molar-refractivity contribution in [2.45, 2.75) is 0 Å². The van der Waals surface area contributed by atoms with Gasteiger partial charge in [-0.2, -0.15) is 5.10 Å². The summed E-state index contributed by atoms with van der Waals surface area (Å²) in [6, 6.07) is 1.81. The second-order valence-corrected chi connectivity index (χ2v) is 2.51. The Morgan fingerprint density at radius 1 is 1.42 bits per heavy atom. The molecule has 0 saturated heterocycles. The van der Waals surface area contributed by atoms with Crippen molar-refractivity contribution in [3.05, 3.63) is 36.1 Å². The summed E-state index contributed by atoms with van der Waals surface area (Å²) < 4.78 is 1.61. The van der Waals surface area contributed by atoms with Gasteiger partial charge in [-0.05, 0) is 6.07 Å². The molecule has 4 nitrogen and oxygen atoms in total. The van der Waals surface area contributed by atoms with Crippen LogP contribution in [-0.2, 0) is 0 Å². The van der Waals surface area contributed by atoms with Crippen LogP contribution in [0.3, 0.4) is 0 Å². The van der Waals surface area contributed by atoms with Gasteiger partial charge in [-0.25, -0.2) is 14.6 Å². The normalized spacial score (nSPS) is 10.1. The minimum Gasteiger partial charge on any atom is -0.242 e. The van der Waals surface area contributed by atoms with Gasteiger partial charge in [0.15, 0.2) is 5.15 Å². The van der Waals surface area contributed by atoms with Crippen LogP contribution in [0.2, 0.25) is 5.15 Å². The van der Waals surface area contributed by atoms with Crippen LogP contribution in [0.25, 0.3) is 5.69 Å². The quantitative estimate of drug-likeness (QED) is 0.622. The summed E-state index contributed by atoms with van der Waals surface area (Å²) in [5.41, 5.74) is 0.684. The average molecular weight is 181 g/mol. The van der Waals surface area contributed by atoms with Gasteiger partial charge in [-0.15, -0.1) is 0 Å².